The van der Waals surface area contributed by atoms with Crippen LogP contribution in [-0.4, -0.2) is 19.1 Å². The monoisotopic (exact) mass is 346 g/mol. The Labute approximate surface area is 143 Å². The lowest BCUT2D eigenvalue weighted by atomic mass is 10.1. The number of imidazole rings is 1. The minimum Gasteiger partial charge on any atom is -0.323 e. The standard InChI is InChI=1S/C17H19ClN4O2/c1-2-3-10-21-14-13(19-16(18)20-14)15(23)22(17(21)24)11-9-12-7-5-4-6-8-12/h4-8H,2-3,9-11H2,1H3,(H,19,20). The van der Waals surface area contributed by atoms with Gasteiger partial charge in [-0.05, 0) is 30.0 Å². The lowest BCUT2D eigenvalue weighted by Crippen LogP contribution is -2.40. The molecule has 0 aliphatic heterocycles. The molecule has 0 aliphatic rings. The lowest BCUT2D eigenvalue weighted by Gasteiger charge is -2.11. The molecule has 0 unspecified atom stereocenters. The fourth-order valence-electron chi connectivity index (χ4n) is 2.74. The van der Waals surface area contributed by atoms with Crippen LogP contribution in [0.2, 0.25) is 5.28 Å². The third-order valence-electron chi connectivity index (χ3n) is 4.03. The fraction of sp³-hybridized carbons (Fsp3) is 0.353. The molecule has 0 aliphatic carbocycles. The molecule has 0 atom stereocenters. The zero-order chi connectivity index (χ0) is 17.1. The maximum atomic E-state index is 12.8. The van der Waals surface area contributed by atoms with E-state index in [1.165, 1.54) is 9.13 Å². The summed E-state index contributed by atoms with van der Waals surface area (Å²) in [5.74, 6) is 0. The number of unbranched alkanes of at least 4 members (excludes halogenated alkanes) is 1. The molecular weight excluding hydrogens is 328 g/mol. The SMILES string of the molecule is CCCCn1c(=O)n(CCc2ccccc2)c(=O)c2[nH]c(Cl)nc21. The number of fused-ring (bicyclic) bond motifs is 1. The number of halogens is 1. The number of benzene rings is 1. The molecule has 2 aromatic heterocycles. The lowest BCUT2D eigenvalue weighted by molar-refractivity contribution is 0.548. The molecule has 1 N–H and O–H groups in total. The summed E-state index contributed by atoms with van der Waals surface area (Å²) in [6.07, 6.45) is 2.38. The molecule has 3 rings (SSSR count). The minimum atomic E-state index is -0.377. The zero-order valence-corrected chi connectivity index (χ0v) is 14.2. The third kappa shape index (κ3) is 3.14. The molecule has 0 fully saturated rings. The Balaban J connectivity index is 2.06. The van der Waals surface area contributed by atoms with Crippen LogP contribution in [0.5, 0.6) is 0 Å². The third-order valence-corrected chi connectivity index (χ3v) is 4.21. The molecule has 7 heteroatoms. The zero-order valence-electron chi connectivity index (χ0n) is 13.5. The number of nitrogens with one attached hydrogen (secondary N) is 1. The second-order valence-corrected chi connectivity index (χ2v) is 6.06. The molecule has 0 saturated carbocycles. The maximum Gasteiger partial charge on any atom is 0.332 e. The van der Waals surface area contributed by atoms with Crippen LogP contribution in [0.1, 0.15) is 25.3 Å². The molecule has 0 radical (unpaired) electrons. The van der Waals surface area contributed by atoms with Crippen molar-refractivity contribution >= 4 is 22.8 Å². The Hall–Kier alpha value is -2.34. The van der Waals surface area contributed by atoms with Crippen LogP contribution in [0.25, 0.3) is 11.2 Å². The van der Waals surface area contributed by atoms with Crippen LogP contribution in [0.15, 0.2) is 39.9 Å². The highest BCUT2D eigenvalue weighted by atomic mass is 35.5. The Morgan fingerprint density at radius 3 is 2.58 bits per heavy atom. The molecule has 2 heterocycles. The van der Waals surface area contributed by atoms with Crippen LogP contribution in [0.4, 0.5) is 0 Å². The van der Waals surface area contributed by atoms with E-state index in [0.717, 1.165) is 18.4 Å². The van der Waals surface area contributed by atoms with Gasteiger partial charge in [0.1, 0.15) is 0 Å². The Kier molecular flexibility index (Phi) is 4.85. The predicted octanol–water partition coefficient (Wildman–Crippen LogP) is 2.58. The average Bonchev–Trinajstić information content (AvgIpc) is 2.97. The highest BCUT2D eigenvalue weighted by molar-refractivity contribution is 6.28. The number of hydrogen-bond donors (Lipinski definition) is 1. The molecule has 24 heavy (non-hydrogen) atoms. The van der Waals surface area contributed by atoms with E-state index < -0.39 is 0 Å². The van der Waals surface area contributed by atoms with Crippen molar-refractivity contribution in [1.82, 2.24) is 19.1 Å². The number of aromatic amines is 1. The van der Waals surface area contributed by atoms with E-state index in [0.29, 0.717) is 25.2 Å². The summed E-state index contributed by atoms with van der Waals surface area (Å²) in [6, 6.07) is 9.77. The van der Waals surface area contributed by atoms with Gasteiger partial charge < -0.3 is 4.98 Å². The summed E-state index contributed by atoms with van der Waals surface area (Å²) < 4.78 is 2.80. The normalized spacial score (nSPS) is 11.2. The van der Waals surface area contributed by atoms with Gasteiger partial charge in [-0.2, -0.15) is 4.98 Å². The van der Waals surface area contributed by atoms with E-state index in [-0.39, 0.29) is 22.0 Å². The first-order valence-electron chi connectivity index (χ1n) is 8.04. The summed E-state index contributed by atoms with van der Waals surface area (Å²) >= 11 is 5.91. The number of aromatic nitrogens is 4. The van der Waals surface area contributed by atoms with Crippen molar-refractivity contribution in [3.8, 4) is 0 Å². The summed E-state index contributed by atoms with van der Waals surface area (Å²) in [5, 5.41) is 0.118. The summed E-state index contributed by atoms with van der Waals surface area (Å²) in [4.78, 5) is 32.3. The quantitative estimate of drug-likeness (QED) is 0.697. The van der Waals surface area contributed by atoms with E-state index in [1.54, 1.807) is 0 Å². The molecule has 6 nitrogen and oxygen atoms in total. The second kappa shape index (κ2) is 7.05. The highest BCUT2D eigenvalue weighted by Gasteiger charge is 2.16. The molecule has 126 valence electrons. The highest BCUT2D eigenvalue weighted by Crippen LogP contribution is 2.10. The Morgan fingerprint density at radius 2 is 1.88 bits per heavy atom. The van der Waals surface area contributed by atoms with Gasteiger partial charge in [0.2, 0.25) is 5.28 Å². The van der Waals surface area contributed by atoms with Crippen molar-refractivity contribution in [3.05, 3.63) is 62.0 Å². The second-order valence-electron chi connectivity index (χ2n) is 5.71. The van der Waals surface area contributed by atoms with Gasteiger partial charge in [-0.3, -0.25) is 13.9 Å². The van der Waals surface area contributed by atoms with Gasteiger partial charge in [-0.15, -0.1) is 0 Å². The number of nitrogens with zero attached hydrogens (tertiary/aromatic N) is 3. The fourth-order valence-corrected chi connectivity index (χ4v) is 2.91. The number of aryl methyl sites for hydroxylation is 2. The first kappa shape index (κ1) is 16.5. The van der Waals surface area contributed by atoms with Crippen LogP contribution in [0, 0.1) is 0 Å². The van der Waals surface area contributed by atoms with E-state index in [9.17, 15) is 9.59 Å². The number of hydrogen-bond acceptors (Lipinski definition) is 3. The minimum absolute atomic E-state index is 0.118. The number of H-pyrrole nitrogens is 1. The molecular formula is C17H19ClN4O2. The molecule has 0 bridgehead atoms. The first-order chi connectivity index (χ1) is 11.6. The van der Waals surface area contributed by atoms with Crippen molar-refractivity contribution in [3.63, 3.8) is 0 Å². The van der Waals surface area contributed by atoms with E-state index >= 15 is 0 Å². The van der Waals surface area contributed by atoms with Crippen LogP contribution in [-0.2, 0) is 19.5 Å². The summed E-state index contributed by atoms with van der Waals surface area (Å²) in [5.41, 5.74) is 0.980. The van der Waals surface area contributed by atoms with Crippen molar-refractivity contribution in [1.29, 1.82) is 0 Å². The van der Waals surface area contributed by atoms with E-state index in [1.807, 2.05) is 37.3 Å². The van der Waals surface area contributed by atoms with Gasteiger partial charge in [0, 0.05) is 13.1 Å². The topological polar surface area (TPSA) is 72.7 Å². The maximum absolute atomic E-state index is 12.8. The van der Waals surface area contributed by atoms with Gasteiger partial charge in [0.05, 0.1) is 0 Å². The molecule has 1 aromatic carbocycles. The van der Waals surface area contributed by atoms with Gasteiger partial charge in [0.15, 0.2) is 11.2 Å². The van der Waals surface area contributed by atoms with E-state index in [2.05, 4.69) is 9.97 Å². The van der Waals surface area contributed by atoms with Crippen molar-refractivity contribution < 1.29 is 0 Å². The molecule has 0 spiro atoms. The van der Waals surface area contributed by atoms with Crippen LogP contribution >= 0.6 is 11.6 Å². The smallest absolute Gasteiger partial charge is 0.323 e. The average molecular weight is 347 g/mol. The van der Waals surface area contributed by atoms with E-state index in [4.69, 9.17) is 11.6 Å². The predicted molar refractivity (Wildman–Crippen MR) is 94.7 cm³/mol. The van der Waals surface area contributed by atoms with Gasteiger partial charge >= 0.3 is 5.69 Å². The van der Waals surface area contributed by atoms with Crippen molar-refractivity contribution in [2.45, 2.75) is 39.3 Å². The van der Waals surface area contributed by atoms with Gasteiger partial charge in [0.25, 0.3) is 5.56 Å². The molecule has 0 amide bonds. The molecule has 3 aromatic rings. The van der Waals surface area contributed by atoms with Gasteiger partial charge in [-0.1, -0.05) is 43.7 Å². The van der Waals surface area contributed by atoms with Crippen molar-refractivity contribution in [2.24, 2.45) is 0 Å². The number of rotatable bonds is 6. The molecule has 0 saturated heterocycles. The largest absolute Gasteiger partial charge is 0.332 e. The Morgan fingerprint density at radius 1 is 1.12 bits per heavy atom. The Bertz CT molecular complexity index is 956. The summed E-state index contributed by atoms with van der Waals surface area (Å²) in [7, 11) is 0. The van der Waals surface area contributed by atoms with Crippen LogP contribution in [0.3, 0.4) is 0 Å². The summed E-state index contributed by atoms with van der Waals surface area (Å²) in [6.45, 7) is 2.88. The van der Waals surface area contributed by atoms with Crippen molar-refractivity contribution in [2.75, 3.05) is 0 Å². The first-order valence-corrected chi connectivity index (χ1v) is 8.42. The van der Waals surface area contributed by atoms with Gasteiger partial charge in [-0.25, -0.2) is 4.79 Å². The van der Waals surface area contributed by atoms with Crippen LogP contribution < -0.4 is 11.2 Å².